The van der Waals surface area contributed by atoms with Crippen LogP contribution >= 0.6 is 12.2 Å². The Balaban J connectivity index is 2.95. The molecule has 2 aromatic heterocycles. The van der Waals surface area contributed by atoms with E-state index in [1.807, 2.05) is 24.6 Å². The van der Waals surface area contributed by atoms with E-state index < -0.39 is 0 Å². The predicted molar refractivity (Wildman–Crippen MR) is 71.0 cm³/mol. The monoisotopic (exact) mass is 249 g/mol. The lowest BCUT2D eigenvalue weighted by Gasteiger charge is -2.13. The number of rotatable bonds is 1. The number of hydrogen-bond donors (Lipinski definition) is 1. The van der Waals surface area contributed by atoms with Gasteiger partial charge in [-0.3, -0.25) is 4.79 Å². The van der Waals surface area contributed by atoms with Crippen molar-refractivity contribution in [3.05, 3.63) is 32.4 Å². The molecule has 0 atom stereocenters. The van der Waals surface area contributed by atoms with E-state index in [1.54, 1.807) is 0 Å². The molecule has 2 aromatic rings. The molecular formula is C12H15N3OS. The molecule has 0 aliphatic rings. The molecule has 0 saturated carbocycles. The van der Waals surface area contributed by atoms with E-state index in [1.165, 1.54) is 0 Å². The summed E-state index contributed by atoms with van der Waals surface area (Å²) in [5, 5.41) is 0.949. The first-order chi connectivity index (χ1) is 7.91. The summed E-state index contributed by atoms with van der Waals surface area (Å²) in [5.41, 5.74) is 2.16. The molecule has 0 bridgehead atoms. The zero-order valence-electron chi connectivity index (χ0n) is 10.4. The van der Waals surface area contributed by atoms with Gasteiger partial charge in [-0.25, -0.2) is 4.98 Å². The van der Waals surface area contributed by atoms with E-state index in [9.17, 15) is 4.79 Å². The minimum Gasteiger partial charge on any atom is -0.321 e. The number of pyridine rings is 1. The fourth-order valence-electron chi connectivity index (χ4n) is 1.78. The Morgan fingerprint density at radius 3 is 2.59 bits per heavy atom. The van der Waals surface area contributed by atoms with E-state index in [-0.39, 0.29) is 11.6 Å². The van der Waals surface area contributed by atoms with E-state index in [2.05, 4.69) is 23.8 Å². The van der Waals surface area contributed by atoms with E-state index in [0.29, 0.717) is 10.4 Å². The maximum Gasteiger partial charge on any atom is 0.252 e. The summed E-state index contributed by atoms with van der Waals surface area (Å²) < 4.78 is 2.42. The van der Waals surface area contributed by atoms with Crippen molar-refractivity contribution >= 4 is 23.3 Å². The van der Waals surface area contributed by atoms with Gasteiger partial charge in [-0.15, -0.1) is 0 Å². The molecule has 0 unspecified atom stereocenters. The maximum absolute atomic E-state index is 11.6. The number of nitrogens with one attached hydrogen (secondary N) is 1. The quantitative estimate of drug-likeness (QED) is 0.790. The van der Waals surface area contributed by atoms with Crippen molar-refractivity contribution in [3.63, 3.8) is 0 Å². The van der Waals surface area contributed by atoms with Crippen LogP contribution in [0.4, 0.5) is 0 Å². The van der Waals surface area contributed by atoms with Crippen LogP contribution in [0.3, 0.4) is 0 Å². The third-order valence-electron chi connectivity index (χ3n) is 3.05. The molecule has 0 fully saturated rings. The van der Waals surface area contributed by atoms with Crippen LogP contribution in [0.1, 0.15) is 31.0 Å². The Morgan fingerprint density at radius 1 is 1.35 bits per heavy atom. The van der Waals surface area contributed by atoms with Crippen molar-refractivity contribution in [2.75, 3.05) is 0 Å². The topological polar surface area (TPSA) is 50.7 Å². The predicted octanol–water partition coefficient (Wildman–Crippen LogP) is 2.65. The van der Waals surface area contributed by atoms with Gasteiger partial charge in [-0.1, -0.05) is 0 Å². The molecular weight excluding hydrogens is 234 g/mol. The molecule has 0 spiro atoms. The van der Waals surface area contributed by atoms with Crippen LogP contribution in [0, 0.1) is 18.6 Å². The Kier molecular flexibility index (Phi) is 2.87. The molecule has 0 aliphatic heterocycles. The summed E-state index contributed by atoms with van der Waals surface area (Å²) in [7, 11) is 0. The highest BCUT2D eigenvalue weighted by molar-refractivity contribution is 7.71. The van der Waals surface area contributed by atoms with Crippen molar-refractivity contribution < 1.29 is 0 Å². The first-order valence-corrected chi connectivity index (χ1v) is 5.95. The third kappa shape index (κ3) is 1.91. The SMILES string of the molecule is Cc1c(C)c2cn(C(C)C)c(=S)nc2[nH]c1=O. The lowest BCUT2D eigenvalue weighted by molar-refractivity contribution is 0.581. The van der Waals surface area contributed by atoms with Gasteiger partial charge in [0.25, 0.3) is 5.56 Å². The number of aryl methyl sites for hydroxylation is 1. The van der Waals surface area contributed by atoms with Crippen molar-refractivity contribution in [2.24, 2.45) is 0 Å². The molecule has 17 heavy (non-hydrogen) atoms. The van der Waals surface area contributed by atoms with Gasteiger partial charge in [0.05, 0.1) is 0 Å². The Hall–Kier alpha value is -1.49. The van der Waals surface area contributed by atoms with Crippen LogP contribution in [0.5, 0.6) is 0 Å². The standard InChI is InChI=1S/C12H15N3OS/c1-6(2)15-5-9-7(3)8(4)11(16)13-10(9)14-12(15)17/h5-6H,1-4H3,(H,13,14,16,17). The average molecular weight is 249 g/mol. The fourth-order valence-corrected chi connectivity index (χ4v) is 2.14. The van der Waals surface area contributed by atoms with Crippen molar-refractivity contribution in [2.45, 2.75) is 33.7 Å². The van der Waals surface area contributed by atoms with E-state index in [4.69, 9.17) is 12.2 Å². The number of H-pyrrole nitrogens is 1. The first kappa shape index (κ1) is 12.0. The molecule has 5 heteroatoms. The molecule has 0 aliphatic carbocycles. The number of aromatic nitrogens is 3. The van der Waals surface area contributed by atoms with Crippen molar-refractivity contribution in [1.29, 1.82) is 0 Å². The van der Waals surface area contributed by atoms with E-state index >= 15 is 0 Å². The van der Waals surface area contributed by atoms with Crippen LogP contribution in [-0.2, 0) is 0 Å². The van der Waals surface area contributed by atoms with Crippen molar-refractivity contribution in [1.82, 2.24) is 14.5 Å². The van der Waals surface area contributed by atoms with Gasteiger partial charge in [0.1, 0.15) is 5.65 Å². The van der Waals surface area contributed by atoms with Gasteiger partial charge in [0.15, 0.2) is 0 Å². The van der Waals surface area contributed by atoms with Gasteiger partial charge in [-0.05, 0) is 45.5 Å². The number of aromatic amines is 1. The highest BCUT2D eigenvalue weighted by atomic mass is 32.1. The lowest BCUT2D eigenvalue weighted by atomic mass is 10.1. The van der Waals surface area contributed by atoms with Crippen LogP contribution < -0.4 is 5.56 Å². The molecule has 1 N–H and O–H groups in total. The lowest BCUT2D eigenvalue weighted by Crippen LogP contribution is -2.14. The fraction of sp³-hybridized carbons (Fsp3) is 0.417. The van der Waals surface area contributed by atoms with Gasteiger partial charge < -0.3 is 9.55 Å². The number of hydrogen-bond acceptors (Lipinski definition) is 3. The molecule has 0 aromatic carbocycles. The molecule has 0 radical (unpaired) electrons. The minimum atomic E-state index is -0.0980. The summed E-state index contributed by atoms with van der Waals surface area (Å²) in [6.45, 7) is 7.85. The molecule has 0 amide bonds. The second-order valence-electron chi connectivity index (χ2n) is 4.49. The Labute approximate surface area is 104 Å². The summed E-state index contributed by atoms with van der Waals surface area (Å²) in [4.78, 5) is 18.7. The zero-order chi connectivity index (χ0) is 12.7. The summed E-state index contributed by atoms with van der Waals surface area (Å²) in [5.74, 6) is 0. The Morgan fingerprint density at radius 2 is 2.00 bits per heavy atom. The smallest absolute Gasteiger partial charge is 0.252 e. The number of fused-ring (bicyclic) bond motifs is 1. The maximum atomic E-state index is 11.6. The highest BCUT2D eigenvalue weighted by Gasteiger charge is 2.08. The molecule has 2 heterocycles. The Bertz CT molecular complexity index is 697. The minimum absolute atomic E-state index is 0.0980. The molecule has 4 nitrogen and oxygen atoms in total. The second kappa shape index (κ2) is 4.07. The largest absolute Gasteiger partial charge is 0.321 e. The van der Waals surface area contributed by atoms with Gasteiger partial charge in [-0.2, -0.15) is 0 Å². The first-order valence-electron chi connectivity index (χ1n) is 5.54. The molecule has 0 saturated heterocycles. The van der Waals surface area contributed by atoms with Crippen LogP contribution in [0.25, 0.3) is 11.0 Å². The third-order valence-corrected chi connectivity index (χ3v) is 3.35. The van der Waals surface area contributed by atoms with E-state index in [0.717, 1.165) is 16.5 Å². The van der Waals surface area contributed by atoms with Crippen LogP contribution in [0.2, 0.25) is 0 Å². The average Bonchev–Trinajstić information content (AvgIpc) is 2.25. The molecule has 2 rings (SSSR count). The van der Waals surface area contributed by atoms with Gasteiger partial charge in [0, 0.05) is 23.2 Å². The van der Waals surface area contributed by atoms with Gasteiger partial charge in [0.2, 0.25) is 4.77 Å². The normalized spacial score (nSPS) is 11.4. The second-order valence-corrected chi connectivity index (χ2v) is 4.86. The van der Waals surface area contributed by atoms with Crippen LogP contribution in [-0.4, -0.2) is 14.5 Å². The summed E-state index contributed by atoms with van der Waals surface area (Å²) >= 11 is 5.20. The number of nitrogens with zero attached hydrogens (tertiary/aromatic N) is 2. The summed E-state index contributed by atoms with van der Waals surface area (Å²) in [6, 6.07) is 0.256. The zero-order valence-corrected chi connectivity index (χ0v) is 11.2. The van der Waals surface area contributed by atoms with Crippen LogP contribution in [0.15, 0.2) is 11.0 Å². The van der Waals surface area contributed by atoms with Gasteiger partial charge >= 0.3 is 0 Å². The summed E-state index contributed by atoms with van der Waals surface area (Å²) in [6.07, 6.45) is 1.97. The van der Waals surface area contributed by atoms with Crippen molar-refractivity contribution in [3.8, 4) is 0 Å². The highest BCUT2D eigenvalue weighted by Crippen LogP contribution is 2.17. The molecule has 90 valence electrons.